The van der Waals surface area contributed by atoms with Gasteiger partial charge in [-0.15, -0.1) is 0 Å². The number of likely N-dealkylation sites (N-methyl/N-ethyl adjacent to an activating group) is 1. The van der Waals surface area contributed by atoms with Gasteiger partial charge in [0.2, 0.25) is 5.78 Å². The number of carbonyl (C=O) groups is 3. The first kappa shape index (κ1) is 17.1. The molecule has 1 aliphatic carbocycles. The third-order valence-corrected chi connectivity index (χ3v) is 4.62. The fraction of sp³-hybridized carbons (Fsp3) is 0.200. The molecule has 1 N–H and O–H groups in total. The monoisotopic (exact) mass is 362 g/mol. The first-order chi connectivity index (χ1) is 13.0. The molecule has 27 heavy (non-hydrogen) atoms. The highest BCUT2D eigenvalue weighted by Crippen LogP contribution is 2.32. The van der Waals surface area contributed by atoms with Crippen LogP contribution in [0, 0.1) is 0 Å². The van der Waals surface area contributed by atoms with E-state index in [1.165, 1.54) is 6.20 Å². The lowest BCUT2D eigenvalue weighted by atomic mass is 9.89. The van der Waals surface area contributed by atoms with Gasteiger partial charge in [0.25, 0.3) is 5.91 Å². The molecule has 0 saturated heterocycles. The summed E-state index contributed by atoms with van der Waals surface area (Å²) in [6.07, 6.45) is 3.17. The van der Waals surface area contributed by atoms with Gasteiger partial charge in [-0.1, -0.05) is 6.07 Å². The molecule has 0 radical (unpaired) electrons. The van der Waals surface area contributed by atoms with Gasteiger partial charge >= 0.3 is 0 Å². The van der Waals surface area contributed by atoms with Crippen molar-refractivity contribution in [3.05, 3.63) is 70.8 Å². The number of hydrogen-bond donors (Lipinski definition) is 1. The van der Waals surface area contributed by atoms with Crippen molar-refractivity contribution in [3.8, 4) is 0 Å². The van der Waals surface area contributed by atoms with Gasteiger partial charge in [-0.05, 0) is 38.4 Å². The van der Waals surface area contributed by atoms with Gasteiger partial charge in [0, 0.05) is 25.5 Å². The molecular weight excluding hydrogens is 344 g/mol. The van der Waals surface area contributed by atoms with Gasteiger partial charge in [-0.3, -0.25) is 19.4 Å². The summed E-state index contributed by atoms with van der Waals surface area (Å²) < 4.78 is 1.61. The maximum absolute atomic E-state index is 13.1. The number of rotatable bonds is 4. The molecule has 3 heterocycles. The molecule has 0 aromatic carbocycles. The molecule has 0 unspecified atom stereocenters. The van der Waals surface area contributed by atoms with Crippen molar-refractivity contribution in [1.29, 1.82) is 0 Å². The van der Waals surface area contributed by atoms with Crippen molar-refractivity contribution >= 4 is 23.0 Å². The number of aromatic nitrogens is 2. The number of pyridine rings is 2. The molecular formula is C20H18N4O3. The van der Waals surface area contributed by atoms with E-state index in [4.69, 9.17) is 0 Å². The molecule has 4 rings (SSSR count). The van der Waals surface area contributed by atoms with Crippen molar-refractivity contribution in [2.75, 3.05) is 27.2 Å². The molecule has 1 amide bonds. The van der Waals surface area contributed by atoms with Crippen LogP contribution in [-0.4, -0.2) is 58.9 Å². The number of amides is 1. The molecule has 0 fully saturated rings. The zero-order valence-corrected chi connectivity index (χ0v) is 15.0. The first-order valence-electron chi connectivity index (χ1n) is 8.61. The van der Waals surface area contributed by atoms with E-state index in [2.05, 4.69) is 10.3 Å². The van der Waals surface area contributed by atoms with Gasteiger partial charge in [0.05, 0.1) is 22.2 Å². The van der Waals surface area contributed by atoms with Crippen molar-refractivity contribution in [2.24, 2.45) is 0 Å². The predicted octanol–water partition coefficient (Wildman–Crippen LogP) is 1.40. The van der Waals surface area contributed by atoms with Crippen molar-refractivity contribution in [2.45, 2.75) is 0 Å². The lowest BCUT2D eigenvalue weighted by Gasteiger charge is -2.15. The molecule has 3 aromatic heterocycles. The van der Waals surface area contributed by atoms with Crippen LogP contribution in [0.2, 0.25) is 0 Å². The third-order valence-electron chi connectivity index (χ3n) is 4.62. The Morgan fingerprint density at radius 3 is 2.74 bits per heavy atom. The summed E-state index contributed by atoms with van der Waals surface area (Å²) in [7, 11) is 3.82. The Balaban J connectivity index is 1.90. The second-order valence-electron chi connectivity index (χ2n) is 6.67. The molecule has 3 aromatic rings. The number of ketones is 2. The molecule has 7 nitrogen and oxygen atoms in total. The Kier molecular flexibility index (Phi) is 4.08. The Morgan fingerprint density at radius 2 is 1.96 bits per heavy atom. The normalized spacial score (nSPS) is 13.0. The minimum absolute atomic E-state index is 0.123. The Hall–Kier alpha value is -3.32. The Morgan fingerprint density at radius 1 is 1.15 bits per heavy atom. The number of carbonyl (C=O) groups excluding carboxylic acids is 3. The van der Waals surface area contributed by atoms with Crippen LogP contribution in [0.15, 0.2) is 42.7 Å². The van der Waals surface area contributed by atoms with E-state index in [1.807, 2.05) is 19.0 Å². The summed E-state index contributed by atoms with van der Waals surface area (Å²) in [5, 5.41) is 2.84. The smallest absolute Gasteiger partial charge is 0.254 e. The zero-order valence-electron chi connectivity index (χ0n) is 15.0. The van der Waals surface area contributed by atoms with Gasteiger partial charge < -0.3 is 14.6 Å². The predicted molar refractivity (Wildman–Crippen MR) is 99.4 cm³/mol. The number of nitrogens with zero attached hydrogens (tertiary/aromatic N) is 3. The highest BCUT2D eigenvalue weighted by Gasteiger charge is 2.38. The van der Waals surface area contributed by atoms with E-state index in [0.717, 1.165) is 0 Å². The molecule has 0 atom stereocenters. The fourth-order valence-electron chi connectivity index (χ4n) is 3.38. The van der Waals surface area contributed by atoms with Gasteiger partial charge in [-0.25, -0.2) is 0 Å². The Labute approximate surface area is 155 Å². The minimum atomic E-state index is -0.365. The first-order valence-corrected chi connectivity index (χ1v) is 8.61. The molecule has 7 heteroatoms. The average Bonchev–Trinajstić information content (AvgIpc) is 3.01. The number of hydrogen-bond acceptors (Lipinski definition) is 5. The van der Waals surface area contributed by atoms with Crippen molar-refractivity contribution in [1.82, 2.24) is 19.6 Å². The van der Waals surface area contributed by atoms with Crippen LogP contribution in [0.5, 0.6) is 0 Å². The summed E-state index contributed by atoms with van der Waals surface area (Å²) >= 11 is 0. The standard InChI is InChI=1S/C20H18N4O3/c1-23(2)11-9-22-20(27)14-13-7-3-4-10-24(13)17-15(14)18(25)12-6-5-8-21-16(12)19(17)26/h3-8,10H,9,11H2,1-2H3,(H,22,27). The maximum atomic E-state index is 13.1. The van der Waals surface area contributed by atoms with Crippen LogP contribution < -0.4 is 5.32 Å². The second-order valence-corrected chi connectivity index (χ2v) is 6.67. The van der Waals surface area contributed by atoms with E-state index in [9.17, 15) is 14.4 Å². The van der Waals surface area contributed by atoms with Gasteiger partial charge in [0.1, 0.15) is 11.4 Å². The average molecular weight is 362 g/mol. The molecule has 0 bridgehead atoms. The number of nitrogens with one attached hydrogen (secondary N) is 1. The number of fused-ring (bicyclic) bond motifs is 4. The second kappa shape index (κ2) is 6.44. The summed E-state index contributed by atoms with van der Waals surface area (Å²) in [6, 6.07) is 8.45. The topological polar surface area (TPSA) is 83.8 Å². The van der Waals surface area contributed by atoms with Gasteiger partial charge in [0.15, 0.2) is 5.78 Å². The van der Waals surface area contributed by atoms with E-state index >= 15 is 0 Å². The van der Waals surface area contributed by atoms with Crippen LogP contribution in [0.3, 0.4) is 0 Å². The quantitative estimate of drug-likeness (QED) is 0.593. The van der Waals surface area contributed by atoms with E-state index in [-0.39, 0.29) is 45.6 Å². The zero-order chi connectivity index (χ0) is 19.1. The third kappa shape index (κ3) is 2.63. The summed E-state index contributed by atoms with van der Waals surface area (Å²) in [4.78, 5) is 45.1. The van der Waals surface area contributed by atoms with E-state index in [1.54, 1.807) is 40.9 Å². The lowest BCUT2D eigenvalue weighted by molar-refractivity contribution is 0.0937. The van der Waals surface area contributed by atoms with Crippen LogP contribution in [0.4, 0.5) is 0 Å². The van der Waals surface area contributed by atoms with E-state index in [0.29, 0.717) is 18.6 Å². The molecule has 0 saturated carbocycles. The highest BCUT2D eigenvalue weighted by atomic mass is 16.2. The molecule has 1 aliphatic rings. The SMILES string of the molecule is CN(C)CCNC(=O)c1c2c(n3ccccc13)C(=O)c1ncccc1C2=O. The summed E-state index contributed by atoms with van der Waals surface area (Å²) in [6.45, 7) is 1.10. The molecule has 0 aliphatic heterocycles. The van der Waals surface area contributed by atoms with Crippen LogP contribution in [0.25, 0.3) is 5.52 Å². The molecule has 0 spiro atoms. The van der Waals surface area contributed by atoms with Crippen LogP contribution >= 0.6 is 0 Å². The largest absolute Gasteiger partial charge is 0.351 e. The van der Waals surface area contributed by atoms with Crippen molar-refractivity contribution < 1.29 is 14.4 Å². The maximum Gasteiger partial charge on any atom is 0.254 e. The summed E-state index contributed by atoms with van der Waals surface area (Å²) in [5.41, 5.74) is 1.45. The van der Waals surface area contributed by atoms with E-state index < -0.39 is 0 Å². The summed E-state index contributed by atoms with van der Waals surface area (Å²) in [5.74, 6) is -1.07. The lowest BCUT2D eigenvalue weighted by Crippen LogP contribution is -2.32. The molecule has 136 valence electrons. The van der Waals surface area contributed by atoms with Crippen LogP contribution in [-0.2, 0) is 0 Å². The van der Waals surface area contributed by atoms with Crippen molar-refractivity contribution in [3.63, 3.8) is 0 Å². The Bertz CT molecular complexity index is 1100. The highest BCUT2D eigenvalue weighted by molar-refractivity contribution is 6.31. The van der Waals surface area contributed by atoms with Crippen LogP contribution in [0.1, 0.15) is 42.5 Å². The fourth-order valence-corrected chi connectivity index (χ4v) is 3.38. The minimum Gasteiger partial charge on any atom is -0.351 e. The van der Waals surface area contributed by atoms with Gasteiger partial charge in [-0.2, -0.15) is 0 Å².